The van der Waals surface area contributed by atoms with E-state index >= 15 is 0 Å². The quantitative estimate of drug-likeness (QED) is 0.335. The van der Waals surface area contributed by atoms with E-state index in [9.17, 15) is 9.59 Å². The third-order valence-electron chi connectivity index (χ3n) is 0.553. The van der Waals surface area contributed by atoms with Crippen LogP contribution in [0.5, 0.6) is 0 Å². The van der Waals surface area contributed by atoms with E-state index in [2.05, 4.69) is 0 Å². The maximum Gasteiger partial charge on any atom is 1.00 e. The van der Waals surface area contributed by atoms with Crippen LogP contribution in [0.25, 0.3) is 0 Å². The van der Waals surface area contributed by atoms with E-state index in [1.165, 1.54) is 0 Å². The van der Waals surface area contributed by atoms with Crippen LogP contribution >= 0.6 is 8.69 Å². The monoisotopic (exact) mass is 207 g/mol. The van der Waals surface area contributed by atoms with Crippen molar-refractivity contribution >= 4 is 20.6 Å². The second-order valence-corrected chi connectivity index (χ2v) is 1.56. The largest absolute Gasteiger partial charge is 1.00 e. The molecule has 0 aliphatic heterocycles. The summed E-state index contributed by atoms with van der Waals surface area (Å²) in [4.78, 5) is 26.3. The zero-order valence-electron chi connectivity index (χ0n) is 7.48. The first-order valence-electron chi connectivity index (χ1n) is 2.49. The van der Waals surface area contributed by atoms with Gasteiger partial charge in [-0.3, -0.25) is 9.59 Å². The minimum Gasteiger partial charge on any atom is -1.00 e. The van der Waals surface area contributed by atoms with Crippen molar-refractivity contribution in [3.05, 3.63) is 0 Å². The number of hydrogen-bond donors (Lipinski definition) is 3. The second-order valence-electron chi connectivity index (χ2n) is 1.38. The van der Waals surface area contributed by atoms with Gasteiger partial charge in [-0.15, -0.1) is 0 Å². The predicted molar refractivity (Wildman–Crippen MR) is 36.8 cm³/mol. The van der Waals surface area contributed by atoms with E-state index < -0.39 is 20.6 Å². The van der Waals surface area contributed by atoms with Gasteiger partial charge in [-0.1, -0.05) is 0 Å². The third-order valence-corrected chi connectivity index (χ3v) is 0.553. The first-order chi connectivity index (χ1) is 5.04. The Kier molecular flexibility index (Phi) is 20.3. The van der Waals surface area contributed by atoms with Crippen LogP contribution in [0.4, 0.5) is 0 Å². The Labute approximate surface area is 93.7 Å². The van der Waals surface area contributed by atoms with Crippen LogP contribution in [0.2, 0.25) is 0 Å². The van der Waals surface area contributed by atoms with Gasteiger partial charge in [0.05, 0.1) is 12.8 Å². The fourth-order valence-electron chi connectivity index (χ4n) is 0.214. The molecule has 0 aromatic carbocycles. The van der Waals surface area contributed by atoms with Gasteiger partial charge >= 0.3 is 50.2 Å². The molecular formula is C4H9NaO6P+. The van der Waals surface area contributed by atoms with Crippen LogP contribution in [-0.2, 0) is 14.2 Å². The molecule has 66 valence electrons. The van der Waals surface area contributed by atoms with Gasteiger partial charge in [0.2, 0.25) is 0 Å². The Morgan fingerprint density at radius 2 is 1.33 bits per heavy atom. The molecule has 0 aliphatic carbocycles. The zero-order chi connectivity index (χ0) is 9.28. The maximum absolute atomic E-state index is 9.64. The van der Waals surface area contributed by atoms with Crippen LogP contribution in [-0.4, -0.2) is 27.0 Å². The molecule has 8 heteroatoms. The van der Waals surface area contributed by atoms with Crippen LogP contribution in [0.3, 0.4) is 0 Å². The normalized spacial score (nSPS) is 7.42. The van der Waals surface area contributed by atoms with Crippen molar-refractivity contribution in [2.75, 3.05) is 0 Å². The van der Waals surface area contributed by atoms with Crippen molar-refractivity contribution in [1.82, 2.24) is 0 Å². The number of hydrogen-bond acceptors (Lipinski definition) is 3. The van der Waals surface area contributed by atoms with Crippen LogP contribution in [0, 0.1) is 0 Å². The molecule has 0 fully saturated rings. The summed E-state index contributed by atoms with van der Waals surface area (Å²) < 4.78 is 8.51. The van der Waals surface area contributed by atoms with Gasteiger partial charge in [-0.25, -0.2) is 0 Å². The van der Waals surface area contributed by atoms with Gasteiger partial charge in [0.1, 0.15) is 0 Å². The molecule has 0 saturated carbocycles. The van der Waals surface area contributed by atoms with Gasteiger partial charge in [-0.2, -0.15) is 4.89 Å². The van der Waals surface area contributed by atoms with E-state index in [0.29, 0.717) is 0 Å². The maximum atomic E-state index is 9.64. The molecule has 0 rings (SSSR count). The topological polar surface area (TPSA) is 112 Å². The van der Waals surface area contributed by atoms with E-state index in [4.69, 9.17) is 19.7 Å². The average Bonchev–Trinajstić information content (AvgIpc) is 1.85. The van der Waals surface area contributed by atoms with Crippen molar-refractivity contribution in [2.45, 2.75) is 12.8 Å². The van der Waals surface area contributed by atoms with Gasteiger partial charge in [0.25, 0.3) is 0 Å². The first kappa shape index (κ1) is 17.9. The minimum absolute atomic E-state index is 0. The number of rotatable bonds is 3. The molecule has 0 aliphatic rings. The van der Waals surface area contributed by atoms with Crippen molar-refractivity contribution in [2.24, 2.45) is 0 Å². The molecular weight excluding hydrogens is 198 g/mol. The Bertz CT molecular complexity index is 140. The van der Waals surface area contributed by atoms with Crippen LogP contribution < -0.4 is 29.6 Å². The molecule has 0 amide bonds. The van der Waals surface area contributed by atoms with Crippen molar-refractivity contribution < 1.29 is 60.2 Å². The van der Waals surface area contributed by atoms with Crippen molar-refractivity contribution in [3.8, 4) is 0 Å². The van der Waals surface area contributed by atoms with Crippen molar-refractivity contribution in [3.63, 3.8) is 0 Å². The predicted octanol–water partition coefficient (Wildman–Crippen LogP) is -3.03. The van der Waals surface area contributed by atoms with E-state index in [0.717, 1.165) is 0 Å². The standard InChI is InChI=1S/C4H6O4.Na.HO2P.H/c5-3(6)1-2-4(7)8;;1-3-2;/h1-2H2,(H,5,6)(H,7,8);;3H;/q;+1;;-1/p+1. The molecule has 1 unspecified atom stereocenters. The Balaban J connectivity index is -0.0000000720. The summed E-state index contributed by atoms with van der Waals surface area (Å²) in [7, 11) is -1.17. The van der Waals surface area contributed by atoms with Crippen LogP contribution in [0.1, 0.15) is 14.3 Å². The molecule has 0 heterocycles. The van der Waals surface area contributed by atoms with Crippen LogP contribution in [0.15, 0.2) is 0 Å². The molecule has 0 bridgehead atoms. The number of carboxylic acid groups (broad SMARTS) is 2. The molecule has 0 radical (unpaired) electrons. The minimum atomic E-state index is -1.17. The summed E-state index contributed by atoms with van der Waals surface area (Å²) in [6.45, 7) is 0. The fraction of sp³-hybridized carbons (Fsp3) is 0.500. The second kappa shape index (κ2) is 13.6. The van der Waals surface area contributed by atoms with Gasteiger partial charge in [0, 0.05) is 0 Å². The molecule has 3 N–H and O–H groups in total. The molecule has 0 aromatic rings. The van der Waals surface area contributed by atoms with E-state index in [1.807, 2.05) is 0 Å². The van der Waals surface area contributed by atoms with E-state index in [1.54, 1.807) is 0 Å². The number of carboxylic acids is 2. The SMILES string of the molecule is O=C(O)CCC(=O)O.O=[PH+]O.[H-].[Na+]. The fourth-order valence-corrected chi connectivity index (χ4v) is 0.214. The van der Waals surface area contributed by atoms with Crippen molar-refractivity contribution in [1.29, 1.82) is 0 Å². The molecule has 6 nitrogen and oxygen atoms in total. The van der Waals surface area contributed by atoms with Gasteiger partial charge < -0.3 is 11.6 Å². The molecule has 12 heavy (non-hydrogen) atoms. The summed E-state index contributed by atoms with van der Waals surface area (Å²) in [5, 5.41) is 15.8. The zero-order valence-corrected chi connectivity index (χ0v) is 9.48. The summed E-state index contributed by atoms with van der Waals surface area (Å²) in [5.41, 5.74) is 0. The Hall–Kier alpha value is 0. The molecule has 0 saturated heterocycles. The number of aliphatic carboxylic acids is 2. The summed E-state index contributed by atoms with van der Waals surface area (Å²) in [6, 6.07) is 0. The van der Waals surface area contributed by atoms with Gasteiger partial charge in [-0.05, 0) is 4.57 Å². The number of carbonyl (C=O) groups is 2. The Morgan fingerprint density at radius 3 is 1.42 bits per heavy atom. The first-order valence-corrected chi connectivity index (χ1v) is 3.35. The summed E-state index contributed by atoms with van der Waals surface area (Å²) in [5.74, 6) is -2.15. The summed E-state index contributed by atoms with van der Waals surface area (Å²) >= 11 is 0. The molecule has 0 spiro atoms. The smallest absolute Gasteiger partial charge is 1.00 e. The average molecular weight is 207 g/mol. The van der Waals surface area contributed by atoms with Gasteiger partial charge in [0.15, 0.2) is 0 Å². The van der Waals surface area contributed by atoms with E-state index in [-0.39, 0.29) is 43.8 Å². The Morgan fingerprint density at radius 1 is 1.17 bits per heavy atom. The third kappa shape index (κ3) is 32.4. The molecule has 0 aromatic heterocycles. The summed E-state index contributed by atoms with van der Waals surface area (Å²) in [6.07, 6.45) is -0.593. The molecule has 1 atom stereocenters.